The topological polar surface area (TPSA) is 15.3 Å². The lowest BCUT2D eigenvalue weighted by Gasteiger charge is -2.38. The van der Waals surface area contributed by atoms with Crippen LogP contribution >= 0.6 is 0 Å². The lowest BCUT2D eigenvalue weighted by Crippen LogP contribution is -2.51. The van der Waals surface area contributed by atoms with Gasteiger partial charge in [-0.2, -0.15) is 0 Å². The van der Waals surface area contributed by atoms with Gasteiger partial charge in [0.05, 0.1) is 0 Å². The number of nitrogens with one attached hydrogen (secondary N) is 1. The fourth-order valence-corrected chi connectivity index (χ4v) is 2.65. The van der Waals surface area contributed by atoms with E-state index in [1.807, 2.05) is 6.07 Å². The molecule has 1 aliphatic rings. The van der Waals surface area contributed by atoms with Crippen LogP contribution in [0.15, 0.2) is 36.4 Å². The first-order chi connectivity index (χ1) is 8.77. The van der Waals surface area contributed by atoms with Crippen LogP contribution in [-0.4, -0.2) is 23.6 Å². The van der Waals surface area contributed by atoms with Gasteiger partial charge in [-0.25, -0.2) is 5.01 Å². The van der Waals surface area contributed by atoms with E-state index in [0.29, 0.717) is 12.1 Å². The number of rotatable bonds is 4. The molecule has 2 rings (SSSR count). The second-order valence-electron chi connectivity index (χ2n) is 5.21. The van der Waals surface area contributed by atoms with Crippen LogP contribution < -0.4 is 5.43 Å². The van der Waals surface area contributed by atoms with E-state index in [-0.39, 0.29) is 0 Å². The predicted octanol–water partition coefficient (Wildman–Crippen LogP) is 3.47. The normalized spacial score (nSPS) is 25.7. The molecule has 98 valence electrons. The van der Waals surface area contributed by atoms with Gasteiger partial charge in [0, 0.05) is 18.6 Å². The Kier molecular flexibility index (Phi) is 4.97. The van der Waals surface area contributed by atoms with E-state index in [0.717, 1.165) is 6.54 Å². The smallest absolute Gasteiger partial charge is 0.0286 e. The molecule has 2 unspecified atom stereocenters. The van der Waals surface area contributed by atoms with Gasteiger partial charge in [0.25, 0.3) is 0 Å². The predicted molar refractivity (Wildman–Crippen MR) is 78.1 cm³/mol. The van der Waals surface area contributed by atoms with Gasteiger partial charge in [-0.1, -0.05) is 48.9 Å². The van der Waals surface area contributed by atoms with Gasteiger partial charge in [0.1, 0.15) is 0 Å². The van der Waals surface area contributed by atoms with Crippen LogP contribution in [0.3, 0.4) is 0 Å². The van der Waals surface area contributed by atoms with Gasteiger partial charge in [0.2, 0.25) is 0 Å². The van der Waals surface area contributed by atoms with E-state index < -0.39 is 0 Å². The third-order valence-electron chi connectivity index (χ3n) is 3.70. The molecule has 1 fully saturated rings. The van der Waals surface area contributed by atoms with Gasteiger partial charge in [-0.15, -0.1) is 0 Å². The molecule has 0 radical (unpaired) electrons. The zero-order valence-electron chi connectivity index (χ0n) is 11.5. The highest BCUT2D eigenvalue weighted by atomic mass is 15.5. The fourth-order valence-electron chi connectivity index (χ4n) is 2.65. The second-order valence-corrected chi connectivity index (χ2v) is 5.21. The van der Waals surface area contributed by atoms with Crippen LogP contribution in [0.25, 0.3) is 6.08 Å². The lowest BCUT2D eigenvalue weighted by molar-refractivity contribution is 0.0514. The van der Waals surface area contributed by atoms with Crippen LogP contribution in [0.5, 0.6) is 0 Å². The number of hydrogen-bond acceptors (Lipinski definition) is 2. The summed E-state index contributed by atoms with van der Waals surface area (Å²) in [6.45, 7) is 5.52. The van der Waals surface area contributed by atoms with Gasteiger partial charge in [-0.3, -0.25) is 5.43 Å². The fraction of sp³-hybridized carbons (Fsp3) is 0.500. The molecule has 2 nitrogen and oxygen atoms in total. The van der Waals surface area contributed by atoms with Crippen molar-refractivity contribution >= 4 is 6.08 Å². The SMILES string of the molecule is CC1CCCC(C)N1NC/C=C/c1ccccc1. The van der Waals surface area contributed by atoms with E-state index in [2.05, 4.69) is 60.7 Å². The summed E-state index contributed by atoms with van der Waals surface area (Å²) >= 11 is 0. The quantitative estimate of drug-likeness (QED) is 0.872. The number of hydrogen-bond donors (Lipinski definition) is 1. The van der Waals surface area contributed by atoms with Crippen molar-refractivity contribution in [2.45, 2.75) is 45.2 Å². The molecule has 0 saturated carbocycles. The molecule has 1 saturated heterocycles. The maximum Gasteiger partial charge on any atom is 0.0286 e. The Balaban J connectivity index is 1.79. The highest BCUT2D eigenvalue weighted by Gasteiger charge is 2.23. The zero-order valence-corrected chi connectivity index (χ0v) is 11.5. The highest BCUT2D eigenvalue weighted by molar-refractivity contribution is 5.48. The van der Waals surface area contributed by atoms with E-state index in [1.54, 1.807) is 0 Å². The number of piperidine rings is 1. The summed E-state index contributed by atoms with van der Waals surface area (Å²) in [6.07, 6.45) is 8.34. The highest BCUT2D eigenvalue weighted by Crippen LogP contribution is 2.19. The Morgan fingerprint density at radius 1 is 1.17 bits per heavy atom. The molecule has 0 amide bonds. The minimum absolute atomic E-state index is 0.652. The molecule has 1 heterocycles. The molecule has 18 heavy (non-hydrogen) atoms. The summed E-state index contributed by atoms with van der Waals surface area (Å²) in [7, 11) is 0. The third-order valence-corrected chi connectivity index (χ3v) is 3.70. The third kappa shape index (κ3) is 3.69. The van der Waals surface area contributed by atoms with Crippen molar-refractivity contribution in [3.63, 3.8) is 0 Å². The average Bonchev–Trinajstić information content (AvgIpc) is 2.38. The molecule has 1 aromatic rings. The van der Waals surface area contributed by atoms with Gasteiger partial charge in [0.15, 0.2) is 0 Å². The van der Waals surface area contributed by atoms with Crippen molar-refractivity contribution in [2.75, 3.05) is 6.54 Å². The van der Waals surface area contributed by atoms with Gasteiger partial charge < -0.3 is 0 Å². The van der Waals surface area contributed by atoms with E-state index >= 15 is 0 Å². The van der Waals surface area contributed by atoms with E-state index in [9.17, 15) is 0 Å². The molecule has 0 bridgehead atoms. The molecular formula is C16H24N2. The summed E-state index contributed by atoms with van der Waals surface area (Å²) in [6, 6.07) is 11.7. The number of nitrogens with zero attached hydrogens (tertiary/aromatic N) is 1. The summed E-state index contributed by atoms with van der Waals surface area (Å²) in [5.41, 5.74) is 4.80. The van der Waals surface area contributed by atoms with E-state index in [1.165, 1.54) is 24.8 Å². The Morgan fingerprint density at radius 3 is 2.50 bits per heavy atom. The maximum atomic E-state index is 3.54. The van der Waals surface area contributed by atoms with Crippen molar-refractivity contribution in [3.8, 4) is 0 Å². The van der Waals surface area contributed by atoms with E-state index in [4.69, 9.17) is 0 Å². The molecular weight excluding hydrogens is 220 g/mol. The Bertz CT molecular complexity index is 362. The Hall–Kier alpha value is -1.12. The first-order valence-corrected chi connectivity index (χ1v) is 7.01. The molecule has 1 N–H and O–H groups in total. The number of benzene rings is 1. The van der Waals surface area contributed by atoms with Crippen LogP contribution in [0.2, 0.25) is 0 Å². The Labute approximate surface area is 111 Å². The summed E-state index contributed by atoms with van der Waals surface area (Å²) in [5.74, 6) is 0. The second kappa shape index (κ2) is 6.72. The monoisotopic (exact) mass is 244 g/mol. The van der Waals surface area contributed by atoms with Crippen molar-refractivity contribution in [3.05, 3.63) is 42.0 Å². The summed E-state index contributed by atoms with van der Waals surface area (Å²) in [4.78, 5) is 0. The molecule has 2 atom stereocenters. The first-order valence-electron chi connectivity index (χ1n) is 7.01. The first kappa shape index (κ1) is 13.3. The minimum Gasteiger partial charge on any atom is -0.251 e. The van der Waals surface area contributed by atoms with Crippen molar-refractivity contribution in [1.29, 1.82) is 0 Å². The molecule has 0 aromatic heterocycles. The lowest BCUT2D eigenvalue weighted by atomic mass is 10.00. The van der Waals surface area contributed by atoms with Crippen LogP contribution in [0, 0.1) is 0 Å². The average molecular weight is 244 g/mol. The van der Waals surface area contributed by atoms with Crippen molar-refractivity contribution in [2.24, 2.45) is 0 Å². The van der Waals surface area contributed by atoms with Crippen molar-refractivity contribution in [1.82, 2.24) is 10.4 Å². The molecule has 2 heteroatoms. The van der Waals surface area contributed by atoms with Crippen LogP contribution in [-0.2, 0) is 0 Å². The van der Waals surface area contributed by atoms with Crippen LogP contribution in [0.1, 0.15) is 38.7 Å². The standard InChI is InChI=1S/C16H24N2/c1-14-8-6-9-15(2)18(14)17-13-7-12-16-10-4-3-5-11-16/h3-5,7,10-12,14-15,17H,6,8-9,13H2,1-2H3/b12-7+. The van der Waals surface area contributed by atoms with Crippen LogP contribution in [0.4, 0.5) is 0 Å². The van der Waals surface area contributed by atoms with Gasteiger partial charge in [-0.05, 0) is 32.3 Å². The zero-order chi connectivity index (χ0) is 12.8. The maximum absolute atomic E-state index is 3.54. The Morgan fingerprint density at radius 2 is 1.83 bits per heavy atom. The molecule has 0 spiro atoms. The minimum atomic E-state index is 0.652. The number of hydrazine groups is 1. The summed E-state index contributed by atoms with van der Waals surface area (Å²) in [5, 5.41) is 2.42. The molecule has 1 aliphatic heterocycles. The molecule has 1 aromatic carbocycles. The molecule has 0 aliphatic carbocycles. The summed E-state index contributed by atoms with van der Waals surface area (Å²) < 4.78 is 0. The van der Waals surface area contributed by atoms with Gasteiger partial charge >= 0.3 is 0 Å². The largest absolute Gasteiger partial charge is 0.251 e. The van der Waals surface area contributed by atoms with Crippen molar-refractivity contribution < 1.29 is 0 Å².